The molecule has 3 N–H and O–H groups in total. The topological polar surface area (TPSA) is 73.9 Å². The highest BCUT2D eigenvalue weighted by atomic mass is 16.5. The molecule has 0 aliphatic heterocycles. The highest BCUT2D eigenvalue weighted by molar-refractivity contribution is 5.51. The van der Waals surface area contributed by atoms with Gasteiger partial charge in [-0.15, -0.1) is 0 Å². The summed E-state index contributed by atoms with van der Waals surface area (Å²) in [5, 5.41) is 8.76. The molecule has 0 aromatic heterocycles. The van der Waals surface area contributed by atoms with E-state index in [0.717, 1.165) is 11.3 Å². The van der Waals surface area contributed by atoms with E-state index in [1.165, 1.54) is 0 Å². The molecule has 5 heteroatoms. The van der Waals surface area contributed by atoms with Gasteiger partial charge < -0.3 is 25.1 Å². The Morgan fingerprint density at radius 1 is 1.16 bits per heavy atom. The molecule has 5 nitrogen and oxygen atoms in total. The van der Waals surface area contributed by atoms with Crippen LogP contribution in [0.15, 0.2) is 12.1 Å². The maximum absolute atomic E-state index is 8.76. The summed E-state index contributed by atoms with van der Waals surface area (Å²) in [5.41, 5.74) is 6.81. The second-order valence-corrected chi connectivity index (χ2v) is 4.42. The highest BCUT2D eigenvalue weighted by Gasteiger charge is 2.13. The Morgan fingerprint density at radius 3 is 2.37 bits per heavy atom. The second kappa shape index (κ2) is 7.86. The summed E-state index contributed by atoms with van der Waals surface area (Å²) in [6, 6.07) is 3.73. The van der Waals surface area contributed by atoms with Crippen molar-refractivity contribution in [1.29, 1.82) is 0 Å². The number of benzene rings is 1. The zero-order valence-corrected chi connectivity index (χ0v) is 11.8. The van der Waals surface area contributed by atoms with E-state index < -0.39 is 0 Å². The van der Waals surface area contributed by atoms with Gasteiger partial charge in [0.05, 0.1) is 20.8 Å². The first-order valence-corrected chi connectivity index (χ1v) is 6.36. The van der Waals surface area contributed by atoms with Gasteiger partial charge in [-0.3, -0.25) is 0 Å². The summed E-state index contributed by atoms with van der Waals surface area (Å²) in [4.78, 5) is 0. The van der Waals surface area contributed by atoms with Crippen molar-refractivity contribution in [2.24, 2.45) is 5.73 Å². The average molecular weight is 269 g/mol. The molecule has 0 bridgehead atoms. The van der Waals surface area contributed by atoms with Crippen molar-refractivity contribution in [2.45, 2.75) is 25.8 Å². The van der Waals surface area contributed by atoms with Crippen molar-refractivity contribution in [1.82, 2.24) is 0 Å². The summed E-state index contributed by atoms with van der Waals surface area (Å²) in [7, 11) is 3.21. The summed E-state index contributed by atoms with van der Waals surface area (Å²) >= 11 is 0. The lowest BCUT2D eigenvalue weighted by atomic mass is 10.1. The molecule has 0 aliphatic rings. The van der Waals surface area contributed by atoms with Crippen molar-refractivity contribution in [3.05, 3.63) is 17.7 Å². The van der Waals surface area contributed by atoms with Gasteiger partial charge in [0.2, 0.25) is 0 Å². The zero-order valence-electron chi connectivity index (χ0n) is 11.8. The maximum atomic E-state index is 8.76. The summed E-state index contributed by atoms with van der Waals surface area (Å²) < 4.78 is 16.2. The van der Waals surface area contributed by atoms with E-state index in [4.69, 9.17) is 25.1 Å². The van der Waals surface area contributed by atoms with Crippen molar-refractivity contribution in [3.8, 4) is 17.2 Å². The predicted octanol–water partition coefficient (Wildman–Crippen LogP) is 1.35. The predicted molar refractivity (Wildman–Crippen MR) is 74.1 cm³/mol. The highest BCUT2D eigenvalue weighted by Crippen LogP contribution is 2.35. The van der Waals surface area contributed by atoms with Crippen molar-refractivity contribution in [3.63, 3.8) is 0 Å². The van der Waals surface area contributed by atoms with E-state index >= 15 is 0 Å². The third kappa shape index (κ3) is 4.61. The molecule has 0 saturated heterocycles. The third-order valence-corrected chi connectivity index (χ3v) is 2.67. The molecule has 19 heavy (non-hydrogen) atoms. The van der Waals surface area contributed by atoms with Crippen LogP contribution in [0, 0.1) is 0 Å². The first-order chi connectivity index (χ1) is 9.12. The Balaban J connectivity index is 2.97. The number of aliphatic hydroxyl groups excluding tert-OH is 1. The molecule has 1 aromatic carbocycles. The SMILES string of the molecule is COc1cc(OCCCO)c(OC)cc1CC(C)N. The summed E-state index contributed by atoms with van der Waals surface area (Å²) in [6.45, 7) is 2.47. The lowest BCUT2D eigenvalue weighted by Gasteiger charge is -2.16. The van der Waals surface area contributed by atoms with Crippen molar-refractivity contribution >= 4 is 0 Å². The van der Waals surface area contributed by atoms with Gasteiger partial charge in [0.25, 0.3) is 0 Å². The molecule has 108 valence electrons. The molecular weight excluding hydrogens is 246 g/mol. The van der Waals surface area contributed by atoms with Gasteiger partial charge in [-0.2, -0.15) is 0 Å². The quantitative estimate of drug-likeness (QED) is 0.697. The number of hydrogen-bond acceptors (Lipinski definition) is 5. The number of aliphatic hydroxyl groups is 1. The standard InChI is InChI=1S/C14H23NO4/c1-10(15)7-11-8-13(18-3)14(9-12(11)17-2)19-6-4-5-16/h8-10,16H,4-7,15H2,1-3H3. The Kier molecular flexibility index (Phi) is 6.45. The largest absolute Gasteiger partial charge is 0.496 e. The van der Waals surface area contributed by atoms with Crippen molar-refractivity contribution < 1.29 is 19.3 Å². The van der Waals surface area contributed by atoms with E-state index in [0.29, 0.717) is 30.9 Å². The first-order valence-electron chi connectivity index (χ1n) is 6.36. The van der Waals surface area contributed by atoms with Crippen LogP contribution in [-0.2, 0) is 6.42 Å². The normalized spacial score (nSPS) is 12.1. The molecule has 1 aromatic rings. The Labute approximate surface area is 114 Å². The van der Waals surface area contributed by atoms with Gasteiger partial charge in [0.15, 0.2) is 11.5 Å². The van der Waals surface area contributed by atoms with Crippen LogP contribution >= 0.6 is 0 Å². The van der Waals surface area contributed by atoms with E-state index in [9.17, 15) is 0 Å². The van der Waals surface area contributed by atoms with Crippen LogP contribution in [0.25, 0.3) is 0 Å². The third-order valence-electron chi connectivity index (χ3n) is 2.67. The molecule has 1 rings (SSSR count). The molecular formula is C14H23NO4. The van der Waals surface area contributed by atoms with Crippen LogP contribution in [0.4, 0.5) is 0 Å². The van der Waals surface area contributed by atoms with Gasteiger partial charge in [-0.1, -0.05) is 0 Å². The van der Waals surface area contributed by atoms with Crippen LogP contribution in [-0.4, -0.2) is 38.6 Å². The molecule has 1 unspecified atom stereocenters. The molecule has 0 spiro atoms. The maximum Gasteiger partial charge on any atom is 0.164 e. The summed E-state index contributed by atoms with van der Waals surface area (Å²) in [6.07, 6.45) is 1.28. The van der Waals surface area contributed by atoms with Gasteiger partial charge in [0.1, 0.15) is 5.75 Å². The average Bonchev–Trinajstić information content (AvgIpc) is 2.39. The lowest BCUT2D eigenvalue weighted by molar-refractivity contribution is 0.227. The van der Waals surface area contributed by atoms with Gasteiger partial charge in [-0.25, -0.2) is 0 Å². The summed E-state index contributed by atoms with van der Waals surface area (Å²) in [5.74, 6) is 1.99. The smallest absolute Gasteiger partial charge is 0.164 e. The van der Waals surface area contributed by atoms with Crippen LogP contribution in [0.2, 0.25) is 0 Å². The van der Waals surface area contributed by atoms with Gasteiger partial charge in [0, 0.05) is 25.1 Å². The Hall–Kier alpha value is -1.46. The number of hydrogen-bond donors (Lipinski definition) is 2. The van der Waals surface area contributed by atoms with Crippen LogP contribution in [0.3, 0.4) is 0 Å². The minimum atomic E-state index is 0.0414. The van der Waals surface area contributed by atoms with Gasteiger partial charge >= 0.3 is 0 Å². The van der Waals surface area contributed by atoms with E-state index in [1.807, 2.05) is 13.0 Å². The fourth-order valence-corrected chi connectivity index (χ4v) is 1.80. The van der Waals surface area contributed by atoms with E-state index in [-0.39, 0.29) is 12.6 Å². The molecule has 1 atom stereocenters. The monoisotopic (exact) mass is 269 g/mol. The molecule has 0 radical (unpaired) electrons. The minimum absolute atomic E-state index is 0.0414. The Morgan fingerprint density at radius 2 is 1.84 bits per heavy atom. The fraction of sp³-hybridized carbons (Fsp3) is 0.571. The lowest BCUT2D eigenvalue weighted by Crippen LogP contribution is -2.18. The first kappa shape index (κ1) is 15.6. The molecule has 0 saturated carbocycles. The fourth-order valence-electron chi connectivity index (χ4n) is 1.80. The number of ether oxygens (including phenoxy) is 3. The molecule has 0 amide bonds. The Bertz CT molecular complexity index is 393. The number of rotatable bonds is 8. The van der Waals surface area contributed by atoms with E-state index in [2.05, 4.69) is 0 Å². The molecule has 0 fully saturated rings. The minimum Gasteiger partial charge on any atom is -0.496 e. The van der Waals surface area contributed by atoms with Crippen molar-refractivity contribution in [2.75, 3.05) is 27.4 Å². The van der Waals surface area contributed by atoms with Crippen LogP contribution in [0.5, 0.6) is 17.2 Å². The molecule has 0 aliphatic carbocycles. The zero-order chi connectivity index (χ0) is 14.3. The van der Waals surface area contributed by atoms with Crippen LogP contribution in [0.1, 0.15) is 18.9 Å². The van der Waals surface area contributed by atoms with Crippen LogP contribution < -0.4 is 19.9 Å². The molecule has 0 heterocycles. The van der Waals surface area contributed by atoms with E-state index in [1.54, 1.807) is 20.3 Å². The number of nitrogens with two attached hydrogens (primary N) is 1. The second-order valence-electron chi connectivity index (χ2n) is 4.42. The van der Waals surface area contributed by atoms with Gasteiger partial charge in [-0.05, 0) is 25.0 Å². The number of methoxy groups -OCH3 is 2.